The molecule has 0 aromatic heterocycles. The predicted octanol–water partition coefficient (Wildman–Crippen LogP) is 2.51. The third kappa shape index (κ3) is 4.97. The van der Waals surface area contributed by atoms with Gasteiger partial charge in [-0.25, -0.2) is 4.79 Å². The molecule has 2 N–H and O–H groups in total. The number of amides is 1. The van der Waals surface area contributed by atoms with Gasteiger partial charge in [0.15, 0.2) is 6.10 Å². The standard InChI is InChI=1S/C19H21N3O6/c1-12(18(23)21-11-14-6-4-5-7-17(14)27-3)28-19(24)13-8-9-15(20-2)16(10-13)22(25)26/h4-10,12,20H,11H2,1-3H3,(H,21,23)/t12-/m0/s1. The first-order valence-corrected chi connectivity index (χ1v) is 8.44. The first-order valence-electron chi connectivity index (χ1n) is 8.44. The summed E-state index contributed by atoms with van der Waals surface area (Å²) in [6.07, 6.45) is -1.08. The van der Waals surface area contributed by atoms with Crippen molar-refractivity contribution in [1.82, 2.24) is 5.32 Å². The number of carbonyl (C=O) groups excluding carboxylic acids is 2. The number of hydrogen-bond donors (Lipinski definition) is 2. The molecule has 2 aromatic carbocycles. The molecule has 9 nitrogen and oxygen atoms in total. The highest BCUT2D eigenvalue weighted by molar-refractivity contribution is 5.93. The van der Waals surface area contributed by atoms with Crippen LogP contribution >= 0.6 is 0 Å². The normalized spacial score (nSPS) is 11.2. The summed E-state index contributed by atoms with van der Waals surface area (Å²) in [7, 11) is 3.07. The quantitative estimate of drug-likeness (QED) is 0.406. The van der Waals surface area contributed by atoms with Crippen molar-refractivity contribution in [1.29, 1.82) is 0 Å². The number of para-hydroxylation sites is 1. The molecule has 2 aromatic rings. The summed E-state index contributed by atoms with van der Waals surface area (Å²) in [4.78, 5) is 34.9. The van der Waals surface area contributed by atoms with Gasteiger partial charge in [-0.15, -0.1) is 0 Å². The Bertz CT molecular complexity index is 884. The molecule has 28 heavy (non-hydrogen) atoms. The van der Waals surface area contributed by atoms with Crippen LogP contribution in [-0.4, -0.2) is 37.1 Å². The zero-order chi connectivity index (χ0) is 20.7. The molecule has 0 saturated carbocycles. The van der Waals surface area contributed by atoms with Crippen molar-refractivity contribution in [2.45, 2.75) is 19.6 Å². The second-order valence-electron chi connectivity index (χ2n) is 5.82. The van der Waals surface area contributed by atoms with Gasteiger partial charge in [0.2, 0.25) is 0 Å². The van der Waals surface area contributed by atoms with E-state index in [2.05, 4.69) is 10.6 Å². The Labute approximate surface area is 161 Å². The van der Waals surface area contributed by atoms with Crippen molar-refractivity contribution in [2.75, 3.05) is 19.5 Å². The van der Waals surface area contributed by atoms with E-state index >= 15 is 0 Å². The fourth-order valence-corrected chi connectivity index (χ4v) is 2.48. The predicted molar refractivity (Wildman–Crippen MR) is 102 cm³/mol. The van der Waals surface area contributed by atoms with E-state index in [-0.39, 0.29) is 23.5 Å². The maximum Gasteiger partial charge on any atom is 0.339 e. The smallest absolute Gasteiger partial charge is 0.339 e. The second kappa shape index (κ2) is 9.36. The first kappa shape index (κ1) is 20.7. The summed E-state index contributed by atoms with van der Waals surface area (Å²) < 4.78 is 10.3. The van der Waals surface area contributed by atoms with Gasteiger partial charge in [0.05, 0.1) is 17.6 Å². The zero-order valence-electron chi connectivity index (χ0n) is 15.7. The number of nitrogens with one attached hydrogen (secondary N) is 2. The minimum Gasteiger partial charge on any atom is -0.496 e. The van der Waals surface area contributed by atoms with Crippen LogP contribution in [0.25, 0.3) is 0 Å². The lowest BCUT2D eigenvalue weighted by Crippen LogP contribution is -2.35. The maximum absolute atomic E-state index is 12.2. The number of rotatable bonds is 8. The number of benzene rings is 2. The number of carbonyl (C=O) groups is 2. The van der Waals surface area contributed by atoms with Crippen LogP contribution in [0, 0.1) is 10.1 Å². The SMILES string of the molecule is CNc1ccc(C(=O)O[C@@H](C)C(=O)NCc2ccccc2OC)cc1[N+](=O)[O-]. The van der Waals surface area contributed by atoms with Gasteiger partial charge >= 0.3 is 5.97 Å². The van der Waals surface area contributed by atoms with E-state index in [0.29, 0.717) is 5.75 Å². The van der Waals surface area contributed by atoms with Crippen LogP contribution in [0.2, 0.25) is 0 Å². The van der Waals surface area contributed by atoms with Gasteiger partial charge in [0.1, 0.15) is 11.4 Å². The number of hydrogen-bond acceptors (Lipinski definition) is 7. The van der Waals surface area contributed by atoms with Gasteiger partial charge in [-0.3, -0.25) is 14.9 Å². The Morgan fingerprint density at radius 3 is 2.57 bits per heavy atom. The molecule has 9 heteroatoms. The minimum absolute atomic E-state index is 0.0184. The van der Waals surface area contributed by atoms with Gasteiger partial charge < -0.3 is 20.1 Å². The molecule has 0 unspecified atom stereocenters. The third-order valence-electron chi connectivity index (χ3n) is 4.00. The highest BCUT2D eigenvalue weighted by Crippen LogP contribution is 2.25. The van der Waals surface area contributed by atoms with Crippen LogP contribution in [-0.2, 0) is 16.1 Å². The summed E-state index contributed by atoms with van der Waals surface area (Å²) in [5.41, 5.74) is 0.764. The van der Waals surface area contributed by atoms with Crippen molar-refractivity contribution in [3.05, 3.63) is 63.7 Å². The average molecular weight is 387 g/mol. The zero-order valence-corrected chi connectivity index (χ0v) is 15.7. The molecule has 0 spiro atoms. The van der Waals surface area contributed by atoms with E-state index in [1.165, 1.54) is 33.2 Å². The fourth-order valence-electron chi connectivity index (χ4n) is 2.48. The van der Waals surface area contributed by atoms with E-state index < -0.39 is 22.9 Å². The van der Waals surface area contributed by atoms with Gasteiger partial charge in [0, 0.05) is 25.2 Å². The molecule has 0 aliphatic heterocycles. The minimum atomic E-state index is -1.08. The summed E-state index contributed by atoms with van der Waals surface area (Å²) in [6.45, 7) is 1.62. The molecule has 1 amide bonds. The Morgan fingerprint density at radius 2 is 1.93 bits per heavy atom. The number of esters is 1. The Kier molecular flexibility index (Phi) is 6.91. The van der Waals surface area contributed by atoms with Crippen molar-refractivity contribution < 1.29 is 24.0 Å². The summed E-state index contributed by atoms with van der Waals surface area (Å²) in [5.74, 6) is -0.698. The highest BCUT2D eigenvalue weighted by Gasteiger charge is 2.22. The highest BCUT2D eigenvalue weighted by atomic mass is 16.6. The largest absolute Gasteiger partial charge is 0.496 e. The monoisotopic (exact) mass is 387 g/mol. The fraction of sp³-hybridized carbons (Fsp3) is 0.263. The van der Waals surface area contributed by atoms with Crippen LogP contribution in [0.4, 0.5) is 11.4 Å². The van der Waals surface area contributed by atoms with Crippen LogP contribution in [0.5, 0.6) is 5.75 Å². The molecule has 148 valence electrons. The Morgan fingerprint density at radius 1 is 1.21 bits per heavy atom. The molecule has 0 radical (unpaired) electrons. The lowest BCUT2D eigenvalue weighted by molar-refractivity contribution is -0.384. The van der Waals surface area contributed by atoms with E-state index in [1.807, 2.05) is 12.1 Å². The lowest BCUT2D eigenvalue weighted by Gasteiger charge is -2.15. The number of anilines is 1. The number of methoxy groups -OCH3 is 1. The van der Waals surface area contributed by atoms with Gasteiger partial charge in [-0.1, -0.05) is 18.2 Å². The Hall–Kier alpha value is -3.62. The number of nitrogens with zero attached hydrogens (tertiary/aromatic N) is 1. The van der Waals surface area contributed by atoms with Crippen molar-refractivity contribution >= 4 is 23.3 Å². The summed E-state index contributed by atoms with van der Waals surface area (Å²) in [5, 5.41) is 16.4. The molecular weight excluding hydrogens is 366 g/mol. The average Bonchev–Trinajstić information content (AvgIpc) is 2.71. The van der Waals surface area contributed by atoms with Crippen LogP contribution < -0.4 is 15.4 Å². The molecule has 1 atom stereocenters. The molecule has 0 aliphatic carbocycles. The molecule has 2 rings (SSSR count). The van der Waals surface area contributed by atoms with Crippen molar-refractivity contribution in [2.24, 2.45) is 0 Å². The molecule has 0 saturated heterocycles. The van der Waals surface area contributed by atoms with Gasteiger partial charge in [-0.05, 0) is 25.1 Å². The van der Waals surface area contributed by atoms with E-state index in [4.69, 9.17) is 9.47 Å². The van der Waals surface area contributed by atoms with Gasteiger partial charge in [0.25, 0.3) is 11.6 Å². The number of ether oxygens (including phenoxy) is 2. The lowest BCUT2D eigenvalue weighted by atomic mass is 10.1. The van der Waals surface area contributed by atoms with Crippen LogP contribution in [0.1, 0.15) is 22.8 Å². The second-order valence-corrected chi connectivity index (χ2v) is 5.82. The molecule has 0 aliphatic rings. The van der Waals surface area contributed by atoms with E-state index in [9.17, 15) is 19.7 Å². The van der Waals surface area contributed by atoms with Crippen LogP contribution in [0.3, 0.4) is 0 Å². The first-order chi connectivity index (χ1) is 13.4. The van der Waals surface area contributed by atoms with Gasteiger partial charge in [-0.2, -0.15) is 0 Å². The number of nitro benzene ring substituents is 1. The van der Waals surface area contributed by atoms with Crippen molar-refractivity contribution in [3.63, 3.8) is 0 Å². The molecule has 0 heterocycles. The molecular formula is C19H21N3O6. The summed E-state index contributed by atoms with van der Waals surface area (Å²) >= 11 is 0. The maximum atomic E-state index is 12.2. The topological polar surface area (TPSA) is 120 Å². The van der Waals surface area contributed by atoms with Crippen LogP contribution in [0.15, 0.2) is 42.5 Å². The number of nitro groups is 1. The summed E-state index contributed by atoms with van der Waals surface area (Å²) in [6, 6.07) is 11.1. The Balaban J connectivity index is 2.00. The molecule has 0 fully saturated rings. The van der Waals surface area contributed by atoms with Crippen molar-refractivity contribution in [3.8, 4) is 5.75 Å². The van der Waals surface area contributed by atoms with E-state index in [0.717, 1.165) is 11.6 Å². The van der Waals surface area contributed by atoms with E-state index in [1.54, 1.807) is 12.1 Å². The molecule has 0 bridgehead atoms. The third-order valence-corrected chi connectivity index (χ3v) is 4.00.